The Morgan fingerprint density at radius 1 is 1.16 bits per heavy atom. The summed E-state index contributed by atoms with van der Waals surface area (Å²) in [6.45, 7) is 1.91. The number of nitriles is 1. The number of hydrogen-bond acceptors (Lipinski definition) is 6. The Labute approximate surface area is 184 Å². The third kappa shape index (κ3) is 3.81. The molecule has 0 spiro atoms. The first-order chi connectivity index (χ1) is 15.0. The van der Waals surface area contributed by atoms with Crippen molar-refractivity contribution in [3.63, 3.8) is 0 Å². The number of nitrogens with one attached hydrogen (secondary N) is 2. The van der Waals surface area contributed by atoms with E-state index in [2.05, 4.69) is 26.7 Å². The molecule has 2 aromatic carbocycles. The molecular formula is C23H19ClN6O. The molecule has 0 bridgehead atoms. The van der Waals surface area contributed by atoms with Crippen LogP contribution in [0, 0.1) is 11.3 Å². The zero-order valence-corrected chi connectivity index (χ0v) is 17.7. The van der Waals surface area contributed by atoms with Gasteiger partial charge in [0.15, 0.2) is 0 Å². The van der Waals surface area contributed by atoms with Crippen molar-refractivity contribution in [3.05, 3.63) is 87.4 Å². The van der Waals surface area contributed by atoms with E-state index in [1.54, 1.807) is 17.7 Å². The first-order valence-electron chi connectivity index (χ1n) is 9.64. The van der Waals surface area contributed by atoms with E-state index in [1.165, 1.54) is 6.20 Å². The number of fused-ring (bicyclic) bond motifs is 1. The van der Waals surface area contributed by atoms with Crippen molar-refractivity contribution in [2.45, 2.75) is 13.0 Å². The van der Waals surface area contributed by atoms with Crippen molar-refractivity contribution in [1.82, 2.24) is 14.5 Å². The van der Waals surface area contributed by atoms with Gasteiger partial charge in [-0.25, -0.2) is 4.98 Å². The van der Waals surface area contributed by atoms with Gasteiger partial charge in [0.1, 0.15) is 17.5 Å². The SMILES string of the molecule is CNc1ncc(C#N)c(N[C@@H](C)c2cc3cccc(Cl)c3c(=O)n2-c2ccccc2)n1. The van der Waals surface area contributed by atoms with Gasteiger partial charge in [0.05, 0.1) is 22.6 Å². The molecule has 0 radical (unpaired) electrons. The van der Waals surface area contributed by atoms with Crippen molar-refractivity contribution in [3.8, 4) is 11.8 Å². The van der Waals surface area contributed by atoms with E-state index in [0.29, 0.717) is 33.4 Å². The summed E-state index contributed by atoms with van der Waals surface area (Å²) in [5.41, 5.74) is 1.52. The Balaban J connectivity index is 1.91. The zero-order valence-electron chi connectivity index (χ0n) is 16.9. The van der Waals surface area contributed by atoms with E-state index in [-0.39, 0.29) is 11.6 Å². The molecule has 4 rings (SSSR count). The fraction of sp³-hybridized carbons (Fsp3) is 0.130. The fourth-order valence-electron chi connectivity index (χ4n) is 3.47. The molecule has 0 saturated carbocycles. The van der Waals surface area contributed by atoms with Crippen molar-refractivity contribution in [2.75, 3.05) is 17.7 Å². The molecule has 0 fully saturated rings. The van der Waals surface area contributed by atoms with Crippen LogP contribution in [0.3, 0.4) is 0 Å². The summed E-state index contributed by atoms with van der Waals surface area (Å²) in [7, 11) is 1.70. The number of para-hydroxylation sites is 1. The molecule has 2 aromatic heterocycles. The monoisotopic (exact) mass is 430 g/mol. The lowest BCUT2D eigenvalue weighted by Gasteiger charge is -2.22. The van der Waals surface area contributed by atoms with Gasteiger partial charge in [0.25, 0.3) is 5.56 Å². The minimum absolute atomic E-state index is 0.211. The van der Waals surface area contributed by atoms with Gasteiger partial charge >= 0.3 is 0 Å². The highest BCUT2D eigenvalue weighted by molar-refractivity contribution is 6.35. The highest BCUT2D eigenvalue weighted by Gasteiger charge is 2.19. The average molecular weight is 431 g/mol. The second-order valence-corrected chi connectivity index (χ2v) is 7.34. The van der Waals surface area contributed by atoms with Gasteiger partial charge < -0.3 is 10.6 Å². The maximum atomic E-state index is 13.5. The molecule has 0 aliphatic heterocycles. The highest BCUT2D eigenvalue weighted by atomic mass is 35.5. The predicted molar refractivity (Wildman–Crippen MR) is 123 cm³/mol. The van der Waals surface area contributed by atoms with Crippen LogP contribution < -0.4 is 16.2 Å². The minimum atomic E-state index is -0.358. The van der Waals surface area contributed by atoms with Crippen LogP contribution in [-0.4, -0.2) is 21.6 Å². The number of hydrogen-bond donors (Lipinski definition) is 2. The molecule has 0 unspecified atom stereocenters. The van der Waals surface area contributed by atoms with Gasteiger partial charge in [-0.1, -0.05) is 41.9 Å². The number of rotatable bonds is 5. The molecule has 7 nitrogen and oxygen atoms in total. The third-order valence-corrected chi connectivity index (χ3v) is 5.28. The maximum Gasteiger partial charge on any atom is 0.264 e. The number of benzene rings is 2. The zero-order chi connectivity index (χ0) is 22.0. The van der Waals surface area contributed by atoms with Crippen LogP contribution >= 0.6 is 11.6 Å². The van der Waals surface area contributed by atoms with E-state index in [4.69, 9.17) is 11.6 Å². The van der Waals surface area contributed by atoms with Gasteiger partial charge in [-0.2, -0.15) is 10.2 Å². The van der Waals surface area contributed by atoms with Crippen molar-refractivity contribution in [1.29, 1.82) is 5.26 Å². The van der Waals surface area contributed by atoms with Crippen molar-refractivity contribution < 1.29 is 0 Å². The van der Waals surface area contributed by atoms with Crippen LogP contribution in [0.25, 0.3) is 16.5 Å². The molecule has 31 heavy (non-hydrogen) atoms. The molecule has 2 N–H and O–H groups in total. The Morgan fingerprint density at radius 2 is 1.94 bits per heavy atom. The third-order valence-electron chi connectivity index (χ3n) is 4.97. The summed E-state index contributed by atoms with van der Waals surface area (Å²) < 4.78 is 1.64. The summed E-state index contributed by atoms with van der Waals surface area (Å²) in [4.78, 5) is 22.0. The topological polar surface area (TPSA) is 95.6 Å². The van der Waals surface area contributed by atoms with Crippen LogP contribution in [0.5, 0.6) is 0 Å². The maximum absolute atomic E-state index is 13.5. The largest absolute Gasteiger partial charge is 0.361 e. The molecular weight excluding hydrogens is 412 g/mol. The molecule has 8 heteroatoms. The second kappa shape index (κ2) is 8.46. The molecule has 0 saturated heterocycles. The summed E-state index contributed by atoms with van der Waals surface area (Å²) in [6, 6.07) is 18.4. The van der Waals surface area contributed by atoms with E-state index >= 15 is 0 Å². The molecule has 0 amide bonds. The number of pyridine rings is 1. The number of aromatic nitrogens is 3. The fourth-order valence-corrected chi connectivity index (χ4v) is 3.74. The van der Waals surface area contributed by atoms with Gasteiger partial charge in [0, 0.05) is 18.4 Å². The summed E-state index contributed by atoms with van der Waals surface area (Å²) >= 11 is 6.37. The smallest absolute Gasteiger partial charge is 0.264 e. The van der Waals surface area contributed by atoms with Crippen LogP contribution in [0.4, 0.5) is 11.8 Å². The Bertz CT molecular complexity index is 1360. The van der Waals surface area contributed by atoms with Gasteiger partial charge in [-0.05, 0) is 36.6 Å². The van der Waals surface area contributed by atoms with Gasteiger partial charge in [-0.15, -0.1) is 0 Å². The Kier molecular flexibility index (Phi) is 5.56. The first-order valence-corrected chi connectivity index (χ1v) is 10.0. The predicted octanol–water partition coefficient (Wildman–Crippen LogP) is 4.52. The number of nitrogens with zero attached hydrogens (tertiary/aromatic N) is 4. The summed E-state index contributed by atoms with van der Waals surface area (Å²) in [5.74, 6) is 0.770. The quantitative estimate of drug-likeness (QED) is 0.483. The van der Waals surface area contributed by atoms with E-state index in [9.17, 15) is 10.1 Å². The Hall–Kier alpha value is -3.89. The number of anilines is 2. The van der Waals surface area contributed by atoms with Crippen LogP contribution in [0.15, 0.2) is 65.6 Å². The molecule has 4 aromatic rings. The second-order valence-electron chi connectivity index (χ2n) is 6.93. The standard InChI is InChI=1S/C23H19ClN6O/c1-14(28-21-16(12-25)13-27-23(26-2)29-21)19-11-15-7-6-10-18(24)20(15)22(31)30(19)17-8-4-3-5-9-17/h3-11,13-14H,1-2H3,(H2,26,27,28,29)/t14-/m0/s1. The normalized spacial score (nSPS) is 11.7. The van der Waals surface area contributed by atoms with E-state index in [1.807, 2.05) is 55.5 Å². The molecule has 1 atom stereocenters. The minimum Gasteiger partial charge on any atom is -0.361 e. The average Bonchev–Trinajstić information content (AvgIpc) is 2.79. The van der Waals surface area contributed by atoms with E-state index in [0.717, 1.165) is 11.1 Å². The molecule has 2 heterocycles. The summed E-state index contributed by atoms with van der Waals surface area (Å²) in [6.07, 6.45) is 1.46. The van der Waals surface area contributed by atoms with E-state index < -0.39 is 0 Å². The molecule has 0 aliphatic rings. The first kappa shape index (κ1) is 20.4. The van der Waals surface area contributed by atoms with Crippen molar-refractivity contribution in [2.24, 2.45) is 0 Å². The lowest BCUT2D eigenvalue weighted by Crippen LogP contribution is -2.26. The molecule has 154 valence electrons. The van der Waals surface area contributed by atoms with Crippen molar-refractivity contribution >= 4 is 34.1 Å². The van der Waals surface area contributed by atoms with Crippen LogP contribution in [-0.2, 0) is 0 Å². The lowest BCUT2D eigenvalue weighted by molar-refractivity contribution is 0.772. The highest BCUT2D eigenvalue weighted by Crippen LogP contribution is 2.27. The van der Waals surface area contributed by atoms with Gasteiger partial charge in [-0.3, -0.25) is 9.36 Å². The molecule has 0 aliphatic carbocycles. The lowest BCUT2D eigenvalue weighted by atomic mass is 10.1. The number of halogens is 1. The van der Waals surface area contributed by atoms with Crippen LogP contribution in [0.1, 0.15) is 24.2 Å². The summed E-state index contributed by atoms with van der Waals surface area (Å²) in [5, 5.41) is 17.2. The van der Waals surface area contributed by atoms with Gasteiger partial charge in [0.2, 0.25) is 5.95 Å². The van der Waals surface area contributed by atoms with Crippen LogP contribution in [0.2, 0.25) is 5.02 Å². The Morgan fingerprint density at radius 3 is 2.65 bits per heavy atom.